The summed E-state index contributed by atoms with van der Waals surface area (Å²) >= 11 is 0. The predicted octanol–water partition coefficient (Wildman–Crippen LogP) is 4.30. The highest BCUT2D eigenvalue weighted by molar-refractivity contribution is 5.97. The molecule has 0 spiro atoms. The monoisotopic (exact) mass is 294 g/mol. The first-order chi connectivity index (χ1) is 10.8. The van der Waals surface area contributed by atoms with Crippen molar-refractivity contribution in [3.63, 3.8) is 0 Å². The number of fused-ring (bicyclic) bond motifs is 6. The summed E-state index contributed by atoms with van der Waals surface area (Å²) in [5.74, 6) is 1.13. The van der Waals surface area contributed by atoms with Crippen LogP contribution < -0.4 is 5.63 Å². The zero-order valence-corrected chi connectivity index (χ0v) is 12.5. The van der Waals surface area contributed by atoms with Crippen LogP contribution in [-0.4, -0.2) is 0 Å². The summed E-state index contributed by atoms with van der Waals surface area (Å²) in [5.41, 5.74) is 4.89. The smallest absolute Gasteiger partial charge is 0.339 e. The molecule has 0 atom stereocenters. The van der Waals surface area contributed by atoms with E-state index < -0.39 is 0 Å². The lowest BCUT2D eigenvalue weighted by molar-refractivity contribution is 0.504. The van der Waals surface area contributed by atoms with Crippen molar-refractivity contribution in [1.82, 2.24) is 0 Å². The van der Waals surface area contributed by atoms with E-state index in [4.69, 9.17) is 8.83 Å². The van der Waals surface area contributed by atoms with Gasteiger partial charge in [-0.3, -0.25) is 0 Å². The number of hydrogen-bond acceptors (Lipinski definition) is 3. The molecule has 0 fully saturated rings. The first-order valence-corrected chi connectivity index (χ1v) is 8.34. The Morgan fingerprint density at radius 3 is 2.18 bits per heavy atom. The van der Waals surface area contributed by atoms with Crippen molar-refractivity contribution in [3.8, 4) is 0 Å². The summed E-state index contributed by atoms with van der Waals surface area (Å²) in [7, 11) is 0. The van der Waals surface area contributed by atoms with E-state index in [1.54, 1.807) is 0 Å². The Morgan fingerprint density at radius 2 is 1.32 bits per heavy atom. The SMILES string of the molecule is O=c1oc2cc3oc4c(c3cc2c2c1CCCC2)CCCC4. The minimum absolute atomic E-state index is 0.155. The lowest BCUT2D eigenvalue weighted by atomic mass is 9.89. The van der Waals surface area contributed by atoms with E-state index in [1.165, 1.54) is 29.4 Å². The molecule has 22 heavy (non-hydrogen) atoms. The highest BCUT2D eigenvalue weighted by Gasteiger charge is 2.22. The van der Waals surface area contributed by atoms with Gasteiger partial charge in [0.2, 0.25) is 0 Å². The fraction of sp³-hybridized carbons (Fsp3) is 0.421. The molecule has 3 heteroatoms. The van der Waals surface area contributed by atoms with Crippen LogP contribution in [-0.2, 0) is 25.7 Å². The van der Waals surface area contributed by atoms with Crippen molar-refractivity contribution in [2.24, 2.45) is 0 Å². The Hall–Kier alpha value is -2.03. The third-order valence-corrected chi connectivity index (χ3v) is 5.30. The highest BCUT2D eigenvalue weighted by atomic mass is 16.4. The second kappa shape index (κ2) is 4.48. The van der Waals surface area contributed by atoms with Gasteiger partial charge < -0.3 is 8.83 Å². The first-order valence-electron chi connectivity index (χ1n) is 8.34. The topological polar surface area (TPSA) is 43.4 Å². The van der Waals surface area contributed by atoms with Crippen LogP contribution in [0, 0.1) is 0 Å². The van der Waals surface area contributed by atoms with E-state index in [2.05, 4.69) is 6.07 Å². The second-order valence-corrected chi connectivity index (χ2v) is 6.61. The van der Waals surface area contributed by atoms with Crippen LogP contribution >= 0.6 is 0 Å². The molecule has 3 aromatic rings. The van der Waals surface area contributed by atoms with Gasteiger partial charge in [-0.1, -0.05) is 0 Å². The van der Waals surface area contributed by atoms with Gasteiger partial charge in [0, 0.05) is 34.4 Å². The van der Waals surface area contributed by atoms with Crippen LogP contribution in [0.5, 0.6) is 0 Å². The standard InChI is InChI=1S/C19H18O3/c20-19-13-7-2-1-5-11(13)14-9-15-12-6-3-4-8-16(12)21-17(15)10-18(14)22-19/h9-10H,1-8H2. The summed E-state index contributed by atoms with van der Waals surface area (Å²) in [6, 6.07) is 4.14. The fourth-order valence-corrected chi connectivity index (χ4v) is 4.20. The second-order valence-electron chi connectivity index (χ2n) is 6.61. The molecule has 112 valence electrons. The van der Waals surface area contributed by atoms with Gasteiger partial charge >= 0.3 is 5.63 Å². The molecule has 2 aromatic heterocycles. The number of rotatable bonds is 0. The third-order valence-electron chi connectivity index (χ3n) is 5.30. The number of benzene rings is 1. The maximum Gasteiger partial charge on any atom is 0.339 e. The van der Waals surface area contributed by atoms with Crippen molar-refractivity contribution in [2.75, 3.05) is 0 Å². The molecule has 0 bridgehead atoms. The summed E-state index contributed by atoms with van der Waals surface area (Å²) in [4.78, 5) is 12.2. The van der Waals surface area contributed by atoms with E-state index in [1.807, 2.05) is 6.07 Å². The van der Waals surface area contributed by atoms with Gasteiger partial charge in [-0.2, -0.15) is 0 Å². The van der Waals surface area contributed by atoms with Crippen LogP contribution in [0.1, 0.15) is 48.1 Å². The zero-order chi connectivity index (χ0) is 14.7. The van der Waals surface area contributed by atoms with Crippen molar-refractivity contribution in [2.45, 2.75) is 51.4 Å². The Labute approximate surface area is 127 Å². The quantitative estimate of drug-likeness (QED) is 0.581. The summed E-state index contributed by atoms with van der Waals surface area (Å²) in [6.07, 6.45) is 8.67. The van der Waals surface area contributed by atoms with E-state index in [-0.39, 0.29) is 5.63 Å². The predicted molar refractivity (Wildman–Crippen MR) is 85.5 cm³/mol. The molecule has 2 heterocycles. The van der Waals surface area contributed by atoms with Crippen molar-refractivity contribution in [1.29, 1.82) is 0 Å². The van der Waals surface area contributed by atoms with Gasteiger partial charge in [0.25, 0.3) is 0 Å². The summed E-state index contributed by atoms with van der Waals surface area (Å²) in [6.45, 7) is 0. The average molecular weight is 294 g/mol. The molecule has 1 aromatic carbocycles. The van der Waals surface area contributed by atoms with E-state index in [0.29, 0.717) is 5.58 Å². The van der Waals surface area contributed by atoms with Gasteiger partial charge in [0.1, 0.15) is 16.9 Å². The molecule has 0 N–H and O–H groups in total. The van der Waals surface area contributed by atoms with Crippen LogP contribution in [0.3, 0.4) is 0 Å². The Bertz CT molecular complexity index is 958. The van der Waals surface area contributed by atoms with E-state index in [0.717, 1.165) is 60.8 Å². The van der Waals surface area contributed by atoms with Crippen molar-refractivity contribution < 1.29 is 8.83 Å². The maximum atomic E-state index is 12.2. The fourth-order valence-electron chi connectivity index (χ4n) is 4.20. The molecule has 0 unspecified atom stereocenters. The number of furan rings is 1. The summed E-state index contributed by atoms with van der Waals surface area (Å²) in [5, 5.41) is 2.35. The first kappa shape index (κ1) is 12.5. The molecule has 3 nitrogen and oxygen atoms in total. The van der Waals surface area contributed by atoms with Gasteiger partial charge in [-0.25, -0.2) is 4.79 Å². The normalized spacial score (nSPS) is 17.6. The van der Waals surface area contributed by atoms with Gasteiger partial charge in [-0.05, 0) is 56.6 Å². The number of aryl methyl sites for hydroxylation is 3. The molecular formula is C19H18O3. The van der Waals surface area contributed by atoms with Crippen LogP contribution in [0.2, 0.25) is 0 Å². The lowest BCUT2D eigenvalue weighted by Crippen LogP contribution is -2.15. The Morgan fingerprint density at radius 1 is 0.682 bits per heavy atom. The van der Waals surface area contributed by atoms with Crippen molar-refractivity contribution in [3.05, 3.63) is 45.0 Å². The number of hydrogen-bond donors (Lipinski definition) is 0. The maximum absolute atomic E-state index is 12.2. The average Bonchev–Trinajstić information content (AvgIpc) is 2.91. The highest BCUT2D eigenvalue weighted by Crippen LogP contribution is 2.36. The van der Waals surface area contributed by atoms with Crippen molar-refractivity contribution >= 4 is 21.9 Å². The molecule has 5 rings (SSSR count). The van der Waals surface area contributed by atoms with Gasteiger partial charge in [0.05, 0.1) is 0 Å². The molecule has 0 saturated heterocycles. The molecule has 0 radical (unpaired) electrons. The van der Waals surface area contributed by atoms with E-state index >= 15 is 0 Å². The molecule has 2 aliphatic rings. The lowest BCUT2D eigenvalue weighted by Gasteiger charge is -2.16. The largest absolute Gasteiger partial charge is 0.461 e. The summed E-state index contributed by atoms with van der Waals surface area (Å²) < 4.78 is 11.6. The van der Waals surface area contributed by atoms with Gasteiger partial charge in [0.15, 0.2) is 0 Å². The Kier molecular flexibility index (Phi) is 2.55. The third kappa shape index (κ3) is 1.65. The minimum atomic E-state index is -0.155. The van der Waals surface area contributed by atoms with Crippen LogP contribution in [0.15, 0.2) is 25.8 Å². The van der Waals surface area contributed by atoms with E-state index in [9.17, 15) is 4.79 Å². The van der Waals surface area contributed by atoms with Crippen LogP contribution in [0.4, 0.5) is 0 Å². The van der Waals surface area contributed by atoms with Crippen LogP contribution in [0.25, 0.3) is 21.9 Å². The molecule has 2 aliphatic carbocycles. The molecule has 0 amide bonds. The molecular weight excluding hydrogens is 276 g/mol. The molecule has 0 saturated carbocycles. The minimum Gasteiger partial charge on any atom is -0.461 e. The van der Waals surface area contributed by atoms with Gasteiger partial charge in [-0.15, -0.1) is 0 Å². The Balaban J connectivity index is 1.89. The molecule has 0 aliphatic heterocycles. The zero-order valence-electron chi connectivity index (χ0n) is 12.5.